The molecule has 1 fully saturated rings. The van der Waals surface area contributed by atoms with E-state index < -0.39 is 11.9 Å². The van der Waals surface area contributed by atoms with Gasteiger partial charge in [0.1, 0.15) is 6.04 Å². The third kappa shape index (κ3) is 2.70. The van der Waals surface area contributed by atoms with E-state index in [1.54, 1.807) is 0 Å². The van der Waals surface area contributed by atoms with E-state index in [9.17, 15) is 9.59 Å². The molecule has 3 N–H and O–H groups in total. The molecule has 2 unspecified atom stereocenters. The highest BCUT2D eigenvalue weighted by Gasteiger charge is 2.44. The van der Waals surface area contributed by atoms with Crippen molar-refractivity contribution < 1.29 is 9.59 Å². The van der Waals surface area contributed by atoms with Crippen LogP contribution in [0.25, 0.3) is 0 Å². The van der Waals surface area contributed by atoms with Gasteiger partial charge in [-0.05, 0) is 24.3 Å². The number of nitrogens with two attached hydrogens (primary N) is 1. The van der Waals surface area contributed by atoms with Crippen LogP contribution in [0, 0.1) is 5.92 Å². The molecule has 1 aliphatic carbocycles. The number of hydrogen-bond donors (Lipinski definition) is 2. The van der Waals surface area contributed by atoms with Crippen molar-refractivity contribution in [3.8, 4) is 0 Å². The summed E-state index contributed by atoms with van der Waals surface area (Å²) in [5.74, 6) is -0.255. The van der Waals surface area contributed by atoms with Crippen molar-refractivity contribution in [2.75, 3.05) is 0 Å². The van der Waals surface area contributed by atoms with Crippen molar-refractivity contribution in [1.29, 1.82) is 0 Å². The normalized spacial score (nSPS) is 23.2. The van der Waals surface area contributed by atoms with Crippen LogP contribution < -0.4 is 11.1 Å². The van der Waals surface area contributed by atoms with Crippen molar-refractivity contribution in [3.05, 3.63) is 35.9 Å². The first-order valence-electron chi connectivity index (χ1n) is 6.28. The molecule has 0 aromatic heterocycles. The SMILES string of the molecule is CC[C@H](NC(=O)C1CC1c1ccccc1)C(N)=O. The maximum atomic E-state index is 11.9. The summed E-state index contributed by atoms with van der Waals surface area (Å²) in [4.78, 5) is 23.0. The Morgan fingerprint density at radius 3 is 2.61 bits per heavy atom. The minimum atomic E-state index is -0.547. The lowest BCUT2D eigenvalue weighted by Crippen LogP contribution is -2.44. The zero-order chi connectivity index (χ0) is 13.1. The smallest absolute Gasteiger partial charge is 0.239 e. The molecule has 1 aliphatic rings. The van der Waals surface area contributed by atoms with E-state index in [2.05, 4.69) is 5.32 Å². The highest BCUT2D eigenvalue weighted by atomic mass is 16.2. The van der Waals surface area contributed by atoms with Crippen LogP contribution in [0.5, 0.6) is 0 Å². The van der Waals surface area contributed by atoms with Crippen molar-refractivity contribution in [3.63, 3.8) is 0 Å². The van der Waals surface area contributed by atoms with Gasteiger partial charge in [0.25, 0.3) is 0 Å². The summed E-state index contributed by atoms with van der Waals surface area (Å²) in [5, 5.41) is 2.71. The molecule has 1 aromatic carbocycles. The monoisotopic (exact) mass is 246 g/mol. The first-order chi connectivity index (χ1) is 8.63. The lowest BCUT2D eigenvalue weighted by atomic mass is 10.1. The van der Waals surface area contributed by atoms with Gasteiger partial charge in [-0.15, -0.1) is 0 Å². The van der Waals surface area contributed by atoms with Gasteiger partial charge in [0.05, 0.1) is 0 Å². The topological polar surface area (TPSA) is 72.2 Å². The first-order valence-corrected chi connectivity index (χ1v) is 6.28. The third-order valence-corrected chi connectivity index (χ3v) is 3.42. The van der Waals surface area contributed by atoms with Gasteiger partial charge in [0.2, 0.25) is 11.8 Å². The average Bonchev–Trinajstić information content (AvgIpc) is 3.16. The van der Waals surface area contributed by atoms with E-state index in [1.807, 2.05) is 37.3 Å². The lowest BCUT2D eigenvalue weighted by Gasteiger charge is -2.13. The molecule has 3 atom stereocenters. The largest absolute Gasteiger partial charge is 0.368 e. The Balaban J connectivity index is 1.92. The quantitative estimate of drug-likeness (QED) is 0.818. The van der Waals surface area contributed by atoms with Gasteiger partial charge in [-0.25, -0.2) is 0 Å². The van der Waals surface area contributed by atoms with Crippen molar-refractivity contribution in [1.82, 2.24) is 5.32 Å². The van der Waals surface area contributed by atoms with E-state index >= 15 is 0 Å². The van der Waals surface area contributed by atoms with Crippen molar-refractivity contribution in [2.24, 2.45) is 11.7 Å². The van der Waals surface area contributed by atoms with Crippen molar-refractivity contribution in [2.45, 2.75) is 31.7 Å². The molecule has 0 heterocycles. The summed E-state index contributed by atoms with van der Waals surface area (Å²) in [7, 11) is 0. The Labute approximate surface area is 107 Å². The second kappa shape index (κ2) is 5.21. The number of amides is 2. The fourth-order valence-electron chi connectivity index (χ4n) is 2.21. The Kier molecular flexibility index (Phi) is 3.65. The fraction of sp³-hybridized carbons (Fsp3) is 0.429. The van der Waals surface area contributed by atoms with Crippen LogP contribution in [0.1, 0.15) is 31.2 Å². The Morgan fingerprint density at radius 2 is 2.06 bits per heavy atom. The van der Waals surface area contributed by atoms with E-state index in [4.69, 9.17) is 5.73 Å². The summed E-state index contributed by atoms with van der Waals surface area (Å²) >= 11 is 0. The number of rotatable bonds is 5. The molecule has 0 saturated heterocycles. The molecular weight excluding hydrogens is 228 g/mol. The summed E-state index contributed by atoms with van der Waals surface area (Å²) in [6, 6.07) is 9.42. The van der Waals surface area contributed by atoms with E-state index in [1.165, 1.54) is 5.56 Å². The predicted molar refractivity (Wildman–Crippen MR) is 68.7 cm³/mol. The summed E-state index contributed by atoms with van der Waals surface area (Å²) in [5.41, 5.74) is 6.39. The van der Waals surface area contributed by atoms with Gasteiger partial charge in [0.15, 0.2) is 0 Å². The molecule has 2 amide bonds. The van der Waals surface area contributed by atoms with Gasteiger partial charge in [-0.1, -0.05) is 37.3 Å². The number of benzene rings is 1. The van der Waals surface area contributed by atoms with Crippen LogP contribution in [0.3, 0.4) is 0 Å². The van der Waals surface area contributed by atoms with Gasteiger partial charge in [-0.3, -0.25) is 9.59 Å². The molecule has 18 heavy (non-hydrogen) atoms. The molecule has 1 aromatic rings. The minimum Gasteiger partial charge on any atom is -0.368 e. The number of nitrogens with one attached hydrogen (secondary N) is 1. The standard InChI is InChI=1S/C14H18N2O2/c1-2-12(13(15)17)16-14(18)11-8-10(11)9-6-4-3-5-7-9/h3-7,10-12H,2,8H2,1H3,(H2,15,17)(H,16,18)/t10?,11?,12-/m0/s1. The summed E-state index contributed by atoms with van der Waals surface area (Å²) < 4.78 is 0. The first kappa shape index (κ1) is 12.6. The molecule has 0 bridgehead atoms. The second-order valence-corrected chi connectivity index (χ2v) is 4.73. The number of hydrogen-bond acceptors (Lipinski definition) is 2. The zero-order valence-corrected chi connectivity index (χ0v) is 10.4. The molecule has 2 rings (SSSR count). The molecule has 1 saturated carbocycles. The van der Waals surface area contributed by atoms with Gasteiger partial charge in [0, 0.05) is 5.92 Å². The van der Waals surface area contributed by atoms with Crippen LogP contribution in [-0.2, 0) is 9.59 Å². The van der Waals surface area contributed by atoms with Crippen LogP contribution in [-0.4, -0.2) is 17.9 Å². The van der Waals surface area contributed by atoms with Crippen LogP contribution >= 0.6 is 0 Å². The maximum Gasteiger partial charge on any atom is 0.239 e. The highest BCUT2D eigenvalue weighted by Crippen LogP contribution is 2.47. The van der Waals surface area contributed by atoms with E-state index in [0.717, 1.165) is 6.42 Å². The maximum absolute atomic E-state index is 11.9. The molecule has 0 aliphatic heterocycles. The van der Waals surface area contributed by atoms with E-state index in [-0.39, 0.29) is 17.7 Å². The Hall–Kier alpha value is -1.84. The average molecular weight is 246 g/mol. The third-order valence-electron chi connectivity index (χ3n) is 3.42. The Morgan fingerprint density at radius 1 is 1.39 bits per heavy atom. The van der Waals surface area contributed by atoms with Gasteiger partial charge in [-0.2, -0.15) is 0 Å². The van der Waals surface area contributed by atoms with Gasteiger partial charge >= 0.3 is 0 Å². The van der Waals surface area contributed by atoms with Crippen LogP contribution in [0.15, 0.2) is 30.3 Å². The minimum absolute atomic E-state index is 0.0131. The highest BCUT2D eigenvalue weighted by molar-refractivity contribution is 5.89. The van der Waals surface area contributed by atoms with Crippen LogP contribution in [0.4, 0.5) is 0 Å². The predicted octanol–water partition coefficient (Wildman–Crippen LogP) is 1.17. The van der Waals surface area contributed by atoms with Crippen molar-refractivity contribution >= 4 is 11.8 Å². The lowest BCUT2D eigenvalue weighted by molar-refractivity contribution is -0.128. The molecule has 0 radical (unpaired) electrons. The van der Waals surface area contributed by atoms with Gasteiger partial charge < -0.3 is 11.1 Å². The number of primary amides is 1. The Bertz CT molecular complexity index is 444. The molecule has 4 nitrogen and oxygen atoms in total. The molecular formula is C14H18N2O2. The number of carbonyl (C=O) groups excluding carboxylic acids is 2. The fourth-order valence-corrected chi connectivity index (χ4v) is 2.21. The number of carbonyl (C=O) groups is 2. The van der Waals surface area contributed by atoms with E-state index in [0.29, 0.717) is 6.42 Å². The molecule has 4 heteroatoms. The second-order valence-electron chi connectivity index (χ2n) is 4.73. The molecule has 96 valence electrons. The summed E-state index contributed by atoms with van der Waals surface area (Å²) in [6.45, 7) is 1.83. The zero-order valence-electron chi connectivity index (χ0n) is 10.4. The van der Waals surface area contributed by atoms with Crippen LogP contribution in [0.2, 0.25) is 0 Å². The molecule has 0 spiro atoms. The summed E-state index contributed by atoms with van der Waals surface area (Å²) in [6.07, 6.45) is 1.38.